The molecule has 0 aliphatic carbocycles. The minimum Gasteiger partial charge on any atom is -0.370 e. The van der Waals surface area contributed by atoms with Crippen LogP contribution in [0.25, 0.3) is 0 Å². The summed E-state index contributed by atoms with van der Waals surface area (Å²) in [5, 5.41) is 5.56. The zero-order valence-corrected chi connectivity index (χ0v) is 17.5. The summed E-state index contributed by atoms with van der Waals surface area (Å²) in [6.07, 6.45) is 0. The number of aryl methyl sites for hydroxylation is 1. The third-order valence-electron chi connectivity index (χ3n) is 4.78. The van der Waals surface area contributed by atoms with Crippen LogP contribution in [0.5, 0.6) is 0 Å². The number of halogens is 1. The number of amides is 2. The maximum atomic E-state index is 13.8. The number of hydrogen-bond donors (Lipinski definition) is 2. The van der Waals surface area contributed by atoms with E-state index in [4.69, 9.17) is 0 Å². The topological polar surface area (TPSA) is 61.4 Å². The summed E-state index contributed by atoms with van der Waals surface area (Å²) in [6, 6.07) is 13.2. The van der Waals surface area contributed by atoms with Crippen molar-refractivity contribution < 1.29 is 14.0 Å². The highest BCUT2D eigenvalue weighted by molar-refractivity contribution is 5.97. The fourth-order valence-electron chi connectivity index (χ4n) is 3.12. The molecule has 29 heavy (non-hydrogen) atoms. The summed E-state index contributed by atoms with van der Waals surface area (Å²) >= 11 is 0. The van der Waals surface area contributed by atoms with Gasteiger partial charge in [-0.2, -0.15) is 0 Å². The third kappa shape index (κ3) is 6.31. The Balaban J connectivity index is 1.95. The van der Waals surface area contributed by atoms with E-state index in [-0.39, 0.29) is 17.4 Å². The number of nitrogens with zero attached hydrogens (tertiary/aromatic N) is 1. The molecular formula is C23H30FN3O2. The first-order chi connectivity index (χ1) is 13.8. The number of rotatable bonds is 9. The number of carbonyl (C=O) groups is 2. The lowest BCUT2D eigenvalue weighted by Gasteiger charge is -2.25. The molecule has 1 atom stereocenters. The van der Waals surface area contributed by atoms with Crippen molar-refractivity contribution in [3.8, 4) is 0 Å². The Bertz CT molecular complexity index is 838. The van der Waals surface area contributed by atoms with Crippen LogP contribution >= 0.6 is 0 Å². The molecule has 0 saturated heterocycles. The second-order valence-corrected chi connectivity index (χ2v) is 7.38. The van der Waals surface area contributed by atoms with E-state index in [1.165, 1.54) is 23.8 Å². The van der Waals surface area contributed by atoms with Crippen molar-refractivity contribution in [3.05, 3.63) is 65.5 Å². The van der Waals surface area contributed by atoms with Gasteiger partial charge in [-0.15, -0.1) is 0 Å². The molecular weight excluding hydrogens is 369 g/mol. The summed E-state index contributed by atoms with van der Waals surface area (Å²) in [5.74, 6) is -1.61. The molecule has 0 aliphatic rings. The highest BCUT2D eigenvalue weighted by atomic mass is 19.1. The van der Waals surface area contributed by atoms with Gasteiger partial charge in [-0.05, 0) is 49.6 Å². The van der Waals surface area contributed by atoms with E-state index in [1.54, 1.807) is 6.07 Å². The lowest BCUT2D eigenvalue weighted by atomic mass is 10.0. The molecule has 0 bridgehead atoms. The highest BCUT2D eigenvalue weighted by Gasteiger charge is 2.25. The van der Waals surface area contributed by atoms with Gasteiger partial charge in [0.15, 0.2) is 0 Å². The monoisotopic (exact) mass is 399 g/mol. The van der Waals surface area contributed by atoms with Gasteiger partial charge >= 0.3 is 0 Å². The van der Waals surface area contributed by atoms with E-state index < -0.39 is 17.8 Å². The van der Waals surface area contributed by atoms with Gasteiger partial charge in [0.2, 0.25) is 5.91 Å². The zero-order valence-electron chi connectivity index (χ0n) is 17.5. The predicted octanol–water partition coefficient (Wildman–Crippen LogP) is 3.53. The van der Waals surface area contributed by atoms with Crippen molar-refractivity contribution in [3.63, 3.8) is 0 Å². The zero-order chi connectivity index (χ0) is 21.4. The maximum Gasteiger partial charge on any atom is 0.254 e. The van der Waals surface area contributed by atoms with Crippen molar-refractivity contribution in [1.29, 1.82) is 0 Å². The second kappa shape index (κ2) is 10.6. The van der Waals surface area contributed by atoms with Gasteiger partial charge < -0.3 is 15.5 Å². The molecule has 2 amide bonds. The van der Waals surface area contributed by atoms with Gasteiger partial charge in [-0.3, -0.25) is 9.59 Å². The van der Waals surface area contributed by atoms with E-state index >= 15 is 0 Å². The average Bonchev–Trinajstić information content (AvgIpc) is 2.69. The maximum absolute atomic E-state index is 13.8. The Morgan fingerprint density at radius 1 is 1.10 bits per heavy atom. The Morgan fingerprint density at radius 3 is 2.45 bits per heavy atom. The molecule has 0 saturated carbocycles. The lowest BCUT2D eigenvalue weighted by molar-refractivity contribution is -0.123. The van der Waals surface area contributed by atoms with Crippen LogP contribution in [-0.4, -0.2) is 37.5 Å². The highest BCUT2D eigenvalue weighted by Crippen LogP contribution is 2.15. The molecule has 1 unspecified atom stereocenters. The second-order valence-electron chi connectivity index (χ2n) is 7.38. The third-order valence-corrected chi connectivity index (χ3v) is 4.78. The van der Waals surface area contributed by atoms with Crippen LogP contribution in [0.3, 0.4) is 0 Å². The molecule has 2 aromatic carbocycles. The number of hydrogen-bond acceptors (Lipinski definition) is 3. The van der Waals surface area contributed by atoms with Crippen LogP contribution in [0.1, 0.15) is 36.7 Å². The minimum absolute atomic E-state index is 0.0671. The molecule has 0 aromatic heterocycles. The van der Waals surface area contributed by atoms with Gasteiger partial charge in [-0.1, -0.05) is 38.1 Å². The molecule has 156 valence electrons. The van der Waals surface area contributed by atoms with Crippen molar-refractivity contribution in [1.82, 2.24) is 10.6 Å². The fourth-order valence-corrected chi connectivity index (χ4v) is 3.12. The Kier molecular flexibility index (Phi) is 8.19. The Hall–Kier alpha value is -2.89. The number of anilines is 1. The minimum atomic E-state index is -0.740. The average molecular weight is 400 g/mol. The summed E-state index contributed by atoms with van der Waals surface area (Å²) in [6.45, 7) is 9.71. The van der Waals surface area contributed by atoms with Crippen molar-refractivity contribution >= 4 is 17.5 Å². The van der Waals surface area contributed by atoms with Gasteiger partial charge in [0.1, 0.15) is 11.9 Å². The number of nitrogens with one attached hydrogen (secondary N) is 2. The molecule has 0 fully saturated rings. The first kappa shape index (κ1) is 22.4. The molecule has 5 nitrogen and oxygen atoms in total. The van der Waals surface area contributed by atoms with Crippen LogP contribution in [-0.2, 0) is 4.79 Å². The van der Waals surface area contributed by atoms with Crippen LogP contribution in [0.4, 0.5) is 10.1 Å². The van der Waals surface area contributed by atoms with Crippen LogP contribution in [0, 0.1) is 18.7 Å². The summed E-state index contributed by atoms with van der Waals surface area (Å²) in [5.41, 5.74) is 2.22. The standard InChI is InChI=1S/C23H30FN3O2/c1-5-27(18-10-8-9-17(4)15-18)14-13-25-23(29)21(16(2)3)26-22(28)19-11-6-7-12-20(19)24/h6-12,15-16,21H,5,13-14H2,1-4H3,(H,25,29)(H,26,28). The molecule has 2 aromatic rings. The molecule has 0 radical (unpaired) electrons. The van der Waals surface area contributed by atoms with E-state index in [0.29, 0.717) is 13.1 Å². The van der Waals surface area contributed by atoms with Gasteiger partial charge in [0.25, 0.3) is 5.91 Å². The van der Waals surface area contributed by atoms with Crippen molar-refractivity contribution in [2.24, 2.45) is 5.92 Å². The lowest BCUT2D eigenvalue weighted by Crippen LogP contribution is -2.51. The largest absolute Gasteiger partial charge is 0.370 e. The van der Waals surface area contributed by atoms with Gasteiger partial charge in [0, 0.05) is 25.3 Å². The van der Waals surface area contributed by atoms with E-state index in [0.717, 1.165) is 12.2 Å². The summed E-state index contributed by atoms with van der Waals surface area (Å²) < 4.78 is 13.8. The van der Waals surface area contributed by atoms with Crippen molar-refractivity contribution in [2.45, 2.75) is 33.7 Å². The summed E-state index contributed by atoms with van der Waals surface area (Å²) in [4.78, 5) is 27.2. The molecule has 6 heteroatoms. The van der Waals surface area contributed by atoms with E-state index in [1.807, 2.05) is 39.0 Å². The molecule has 2 N–H and O–H groups in total. The number of carbonyl (C=O) groups excluding carboxylic acids is 2. The van der Waals surface area contributed by atoms with Crippen molar-refractivity contribution in [2.75, 3.05) is 24.5 Å². The van der Waals surface area contributed by atoms with E-state index in [9.17, 15) is 14.0 Å². The summed E-state index contributed by atoms with van der Waals surface area (Å²) in [7, 11) is 0. The molecule has 0 heterocycles. The quantitative estimate of drug-likeness (QED) is 0.678. The SMILES string of the molecule is CCN(CCNC(=O)C(NC(=O)c1ccccc1F)C(C)C)c1cccc(C)c1. The van der Waals surface area contributed by atoms with Crippen LogP contribution in [0.2, 0.25) is 0 Å². The molecule has 2 rings (SSSR count). The number of likely N-dealkylation sites (N-methyl/N-ethyl adjacent to an activating group) is 1. The smallest absolute Gasteiger partial charge is 0.254 e. The Morgan fingerprint density at radius 2 is 1.83 bits per heavy atom. The fraction of sp³-hybridized carbons (Fsp3) is 0.391. The first-order valence-corrected chi connectivity index (χ1v) is 9.98. The van der Waals surface area contributed by atoms with Crippen LogP contribution < -0.4 is 15.5 Å². The van der Waals surface area contributed by atoms with Gasteiger partial charge in [0.05, 0.1) is 5.56 Å². The van der Waals surface area contributed by atoms with E-state index in [2.05, 4.69) is 28.5 Å². The Labute approximate surface area is 172 Å². The molecule has 0 spiro atoms. The van der Waals surface area contributed by atoms with Crippen LogP contribution in [0.15, 0.2) is 48.5 Å². The number of benzene rings is 2. The first-order valence-electron chi connectivity index (χ1n) is 9.98. The normalized spacial score (nSPS) is 11.8. The predicted molar refractivity (Wildman–Crippen MR) is 115 cm³/mol. The van der Waals surface area contributed by atoms with Gasteiger partial charge in [-0.25, -0.2) is 4.39 Å². The molecule has 0 aliphatic heterocycles.